The highest BCUT2D eigenvalue weighted by atomic mass is 35.5. The van der Waals surface area contributed by atoms with Crippen LogP contribution in [0.4, 0.5) is 18.9 Å². The number of β-amino-alcohol motifs (C(OH)–C–C–N with tert-alkyl or cyclic N) is 1. The molecule has 0 spiro atoms. The molecule has 1 unspecified atom stereocenters. The summed E-state index contributed by atoms with van der Waals surface area (Å²) in [6.45, 7) is -0.914. The van der Waals surface area contributed by atoms with Crippen LogP contribution >= 0.6 is 23.2 Å². The molecular formula is C17H13Cl2F3N2O3S. The van der Waals surface area contributed by atoms with Gasteiger partial charge in [-0.1, -0.05) is 23.2 Å². The number of halogens is 5. The second-order valence-electron chi connectivity index (χ2n) is 6.23. The Labute approximate surface area is 168 Å². The number of rotatable bonds is 3. The van der Waals surface area contributed by atoms with Crippen molar-refractivity contribution >= 4 is 44.6 Å². The summed E-state index contributed by atoms with van der Waals surface area (Å²) in [6.07, 6.45) is -4.01. The third-order valence-corrected chi connectivity index (χ3v) is 5.80. The van der Waals surface area contributed by atoms with Crippen molar-refractivity contribution in [3.8, 4) is 0 Å². The fourth-order valence-corrected chi connectivity index (χ4v) is 3.81. The first-order valence-electron chi connectivity index (χ1n) is 7.74. The summed E-state index contributed by atoms with van der Waals surface area (Å²) in [7, 11) is -3.48. The van der Waals surface area contributed by atoms with Gasteiger partial charge in [0, 0.05) is 22.5 Å². The number of anilines is 1. The van der Waals surface area contributed by atoms with Gasteiger partial charge < -0.3 is 10.0 Å². The number of hydrogen-bond acceptors (Lipinski definition) is 5. The van der Waals surface area contributed by atoms with Gasteiger partial charge in [-0.2, -0.15) is 13.2 Å². The van der Waals surface area contributed by atoms with E-state index in [1.165, 1.54) is 42.5 Å². The lowest BCUT2D eigenvalue weighted by Gasteiger charge is -2.26. The molecule has 0 saturated heterocycles. The molecule has 1 atom stereocenters. The third kappa shape index (κ3) is 3.84. The largest absolute Gasteiger partial charge is 0.440 e. The molecule has 0 amide bonds. The van der Waals surface area contributed by atoms with E-state index < -0.39 is 28.3 Å². The summed E-state index contributed by atoms with van der Waals surface area (Å²) in [5, 5.41) is 10.4. The average molecular weight is 453 g/mol. The molecule has 28 heavy (non-hydrogen) atoms. The van der Waals surface area contributed by atoms with Crippen LogP contribution in [0.1, 0.15) is 5.56 Å². The van der Waals surface area contributed by atoms with Crippen molar-refractivity contribution in [2.75, 3.05) is 17.7 Å². The summed E-state index contributed by atoms with van der Waals surface area (Å²) in [5.74, 6) is -0.214. The van der Waals surface area contributed by atoms with Crippen molar-refractivity contribution < 1.29 is 26.7 Å². The van der Waals surface area contributed by atoms with Crippen molar-refractivity contribution in [1.82, 2.24) is 0 Å². The minimum Gasteiger partial charge on any atom is -0.361 e. The maximum absolute atomic E-state index is 13.4. The van der Waals surface area contributed by atoms with E-state index in [4.69, 9.17) is 23.2 Å². The molecule has 11 heteroatoms. The lowest BCUT2D eigenvalue weighted by molar-refractivity contribution is -0.249. The highest BCUT2D eigenvalue weighted by Crippen LogP contribution is 2.40. The number of nitrogens with zero attached hydrogens (tertiary/aromatic N) is 2. The molecule has 2 aromatic rings. The van der Waals surface area contributed by atoms with Crippen molar-refractivity contribution in [3.63, 3.8) is 0 Å². The van der Waals surface area contributed by atoms with E-state index in [-0.39, 0.29) is 32.0 Å². The Kier molecular flexibility index (Phi) is 5.16. The van der Waals surface area contributed by atoms with Gasteiger partial charge in [0.15, 0.2) is 9.84 Å². The smallest absolute Gasteiger partial charge is 0.361 e. The van der Waals surface area contributed by atoms with Crippen LogP contribution in [0.3, 0.4) is 0 Å². The molecule has 1 aliphatic heterocycles. The van der Waals surface area contributed by atoms with E-state index in [1.807, 2.05) is 0 Å². The number of benzene rings is 2. The van der Waals surface area contributed by atoms with Crippen LogP contribution in [0.5, 0.6) is 0 Å². The number of aliphatic hydroxyl groups is 1. The molecule has 5 nitrogen and oxygen atoms in total. The highest BCUT2D eigenvalue weighted by molar-refractivity contribution is 7.90. The lowest BCUT2D eigenvalue weighted by Crippen LogP contribution is -2.47. The number of hydrogen-bond donors (Lipinski definition) is 1. The molecule has 0 radical (unpaired) electrons. The van der Waals surface area contributed by atoms with Crippen LogP contribution in [0.15, 0.2) is 52.4 Å². The molecule has 3 rings (SSSR count). The molecule has 1 aliphatic rings. The summed E-state index contributed by atoms with van der Waals surface area (Å²) in [6, 6.07) is 9.35. The zero-order chi connectivity index (χ0) is 20.9. The Balaban J connectivity index is 2.12. The number of aliphatic imine (C=N–C) groups is 1. The van der Waals surface area contributed by atoms with Crippen LogP contribution < -0.4 is 4.90 Å². The normalized spacial score (nSPS) is 20.4. The molecule has 1 N–H and O–H groups in total. The van der Waals surface area contributed by atoms with E-state index in [1.54, 1.807) is 0 Å². The van der Waals surface area contributed by atoms with E-state index in [0.29, 0.717) is 0 Å². The van der Waals surface area contributed by atoms with Gasteiger partial charge in [0.25, 0.3) is 5.72 Å². The Morgan fingerprint density at radius 1 is 1.14 bits per heavy atom. The van der Waals surface area contributed by atoms with Gasteiger partial charge in [0.05, 0.1) is 16.5 Å². The molecule has 2 aromatic carbocycles. The maximum atomic E-state index is 13.4. The SMILES string of the molecule is CS(=O)(=O)c1ccc(N2CC(O)(C(F)(F)F)N=C2c2ccc(Cl)cc2Cl)cc1. The summed E-state index contributed by atoms with van der Waals surface area (Å²) in [5.41, 5.74) is -3.00. The van der Waals surface area contributed by atoms with E-state index in [2.05, 4.69) is 4.99 Å². The van der Waals surface area contributed by atoms with E-state index >= 15 is 0 Å². The molecule has 0 fully saturated rings. The molecule has 0 aliphatic carbocycles. The molecule has 150 valence electrons. The summed E-state index contributed by atoms with van der Waals surface area (Å²) in [4.78, 5) is 4.63. The van der Waals surface area contributed by atoms with Gasteiger partial charge in [-0.25, -0.2) is 13.4 Å². The summed E-state index contributed by atoms with van der Waals surface area (Å²) < 4.78 is 63.4. The molecule has 0 bridgehead atoms. The van der Waals surface area contributed by atoms with Crippen LogP contribution in [0.25, 0.3) is 0 Å². The van der Waals surface area contributed by atoms with Crippen LogP contribution in [0, 0.1) is 0 Å². The van der Waals surface area contributed by atoms with Crippen molar-refractivity contribution in [3.05, 3.63) is 58.1 Å². The highest BCUT2D eigenvalue weighted by Gasteiger charge is 2.59. The first-order chi connectivity index (χ1) is 12.8. The molecule has 0 aromatic heterocycles. The van der Waals surface area contributed by atoms with Crippen LogP contribution in [-0.2, 0) is 9.84 Å². The van der Waals surface area contributed by atoms with Crippen molar-refractivity contribution in [2.45, 2.75) is 16.8 Å². The van der Waals surface area contributed by atoms with Crippen molar-refractivity contribution in [1.29, 1.82) is 0 Å². The first kappa shape index (κ1) is 20.9. The number of sulfone groups is 1. The Morgan fingerprint density at radius 3 is 2.25 bits per heavy atom. The van der Waals surface area contributed by atoms with Gasteiger partial charge in [0.1, 0.15) is 5.84 Å². The second-order valence-corrected chi connectivity index (χ2v) is 9.09. The van der Waals surface area contributed by atoms with Crippen LogP contribution in [0.2, 0.25) is 10.0 Å². The standard InChI is InChI=1S/C17H13Cl2F3N2O3S/c1-28(26,27)12-5-3-11(4-6-12)24-9-16(25,17(20,21)22)23-15(24)13-7-2-10(18)8-14(13)19/h2-8,25H,9H2,1H3. The van der Waals surface area contributed by atoms with E-state index in [9.17, 15) is 26.7 Å². The zero-order valence-corrected chi connectivity index (χ0v) is 16.5. The lowest BCUT2D eigenvalue weighted by atomic mass is 10.1. The fraction of sp³-hybridized carbons (Fsp3) is 0.235. The minimum absolute atomic E-state index is 0.00421. The summed E-state index contributed by atoms with van der Waals surface area (Å²) >= 11 is 12.0. The number of alkyl halides is 3. The van der Waals surface area contributed by atoms with Gasteiger partial charge >= 0.3 is 6.18 Å². The van der Waals surface area contributed by atoms with Gasteiger partial charge in [-0.15, -0.1) is 0 Å². The van der Waals surface area contributed by atoms with Crippen molar-refractivity contribution in [2.24, 2.45) is 4.99 Å². The minimum atomic E-state index is -5.03. The molecule has 1 heterocycles. The monoisotopic (exact) mass is 452 g/mol. The first-order valence-corrected chi connectivity index (χ1v) is 10.4. The topological polar surface area (TPSA) is 70.0 Å². The Bertz CT molecular complexity index is 1060. The fourth-order valence-electron chi connectivity index (χ4n) is 2.68. The second kappa shape index (κ2) is 6.91. The third-order valence-electron chi connectivity index (χ3n) is 4.13. The quantitative estimate of drug-likeness (QED) is 0.765. The Morgan fingerprint density at radius 2 is 1.75 bits per heavy atom. The molecule has 0 saturated carbocycles. The number of amidine groups is 1. The zero-order valence-electron chi connectivity index (χ0n) is 14.2. The predicted octanol–water partition coefficient (Wildman–Crippen LogP) is 3.91. The predicted molar refractivity (Wildman–Crippen MR) is 101 cm³/mol. The Hall–Kier alpha value is -1.81. The van der Waals surface area contributed by atoms with Gasteiger partial charge in [0.2, 0.25) is 0 Å². The van der Waals surface area contributed by atoms with Crippen LogP contribution in [-0.4, -0.2) is 44.1 Å². The average Bonchev–Trinajstić information content (AvgIpc) is 2.93. The molecular weight excluding hydrogens is 440 g/mol. The maximum Gasteiger partial charge on any atom is 0.440 e. The van der Waals surface area contributed by atoms with Gasteiger partial charge in [-0.3, -0.25) is 0 Å². The van der Waals surface area contributed by atoms with E-state index in [0.717, 1.165) is 11.2 Å². The van der Waals surface area contributed by atoms with Gasteiger partial charge in [-0.05, 0) is 42.5 Å².